The van der Waals surface area contributed by atoms with Crippen LogP contribution in [-0.2, 0) is 29.7 Å². The Bertz CT molecular complexity index is 2470. The van der Waals surface area contributed by atoms with Crippen molar-refractivity contribution in [3.63, 3.8) is 0 Å². The van der Waals surface area contributed by atoms with Crippen LogP contribution in [0.15, 0.2) is 141 Å². The zero-order valence-corrected chi connectivity index (χ0v) is 40.6. The number of anilines is 4. The Morgan fingerprint density at radius 2 is 0.922 bits per heavy atom. The second-order valence-electron chi connectivity index (χ2n) is 14.0. The van der Waals surface area contributed by atoms with E-state index < -0.39 is 30.0 Å². The number of hydrazone groups is 2. The Labute approximate surface area is 415 Å². The summed E-state index contributed by atoms with van der Waals surface area (Å²) in [5, 5.41) is 18.4. The molecule has 0 saturated carbocycles. The van der Waals surface area contributed by atoms with E-state index in [2.05, 4.69) is 42.5 Å². The number of hydrogen-bond acceptors (Lipinski definition) is 20. The van der Waals surface area contributed by atoms with Crippen molar-refractivity contribution in [3.8, 4) is 0 Å². The second kappa shape index (κ2) is 21.9. The molecule has 64 heavy (non-hydrogen) atoms. The fraction of sp³-hybridized carbons (Fsp3) is 0.200. The van der Waals surface area contributed by atoms with Crippen LogP contribution in [0.25, 0.3) is 12.2 Å². The normalized spacial score (nSPS) is 16.7. The van der Waals surface area contributed by atoms with Gasteiger partial charge in [-0.25, -0.2) is 27.7 Å². The molecular weight excluding hydrogens is 887 g/mol. The molecule has 0 bridgehead atoms. The van der Waals surface area contributed by atoms with E-state index in [-0.39, 0.29) is 81.6 Å². The Hall–Kier alpha value is -4.82. The first kappa shape index (κ1) is 48.6. The van der Waals surface area contributed by atoms with E-state index in [1.165, 1.54) is 46.9 Å². The second-order valence-corrected chi connectivity index (χ2v) is 16.7. The van der Waals surface area contributed by atoms with Gasteiger partial charge in [0.15, 0.2) is 11.7 Å². The summed E-state index contributed by atoms with van der Waals surface area (Å²) >= 11 is 0. The molecule has 24 heteroatoms. The molecule has 6 N–H and O–H groups in total. The number of nitrogens with zero attached hydrogens (tertiary/aromatic N) is 6. The van der Waals surface area contributed by atoms with Gasteiger partial charge in [0.2, 0.25) is 0 Å². The molecule has 4 aromatic rings. The summed E-state index contributed by atoms with van der Waals surface area (Å²) in [6.07, 6.45) is 6.02. The number of nitrogens with one attached hydrogen (secondary N) is 6. The van der Waals surface area contributed by atoms with Crippen molar-refractivity contribution in [1.82, 2.24) is 31.1 Å². The molecule has 0 aliphatic carbocycles. The van der Waals surface area contributed by atoms with Crippen LogP contribution in [0.2, 0.25) is 0 Å². The van der Waals surface area contributed by atoms with Crippen molar-refractivity contribution >= 4 is 66.8 Å². The molecule has 0 amide bonds. The first-order valence-electron chi connectivity index (χ1n) is 19.4. The van der Waals surface area contributed by atoms with Gasteiger partial charge < -0.3 is 39.0 Å². The third-order valence-corrected chi connectivity index (χ3v) is 11.4. The maximum atomic E-state index is 12.6. The molecule has 4 aliphatic heterocycles. The van der Waals surface area contributed by atoms with Crippen LogP contribution >= 0.6 is 0 Å². The summed E-state index contributed by atoms with van der Waals surface area (Å²) in [5.41, 5.74) is 14.4. The van der Waals surface area contributed by atoms with Gasteiger partial charge in [-0.2, -0.15) is 0 Å². The maximum Gasteiger partial charge on any atom is 1.00 e. The summed E-state index contributed by atoms with van der Waals surface area (Å²) in [7, 11) is -10.1. The van der Waals surface area contributed by atoms with E-state index in [9.17, 15) is 25.9 Å². The number of rotatable bonds is 12. The van der Waals surface area contributed by atoms with Gasteiger partial charge in [0.25, 0.3) is 0 Å². The Morgan fingerprint density at radius 3 is 1.28 bits per heavy atom. The molecule has 2 saturated heterocycles. The summed E-state index contributed by atoms with van der Waals surface area (Å²) in [6.45, 7) is 4.48. The van der Waals surface area contributed by atoms with Crippen LogP contribution in [0.5, 0.6) is 0 Å². The average molecular weight is 929 g/mol. The monoisotopic (exact) mass is 928 g/mol. The molecule has 0 aromatic heterocycles. The van der Waals surface area contributed by atoms with Crippen molar-refractivity contribution in [2.45, 2.75) is 9.79 Å². The Balaban J connectivity index is 0.00000340. The van der Waals surface area contributed by atoms with E-state index in [4.69, 9.17) is 9.47 Å². The van der Waals surface area contributed by atoms with Gasteiger partial charge >= 0.3 is 59.1 Å². The van der Waals surface area contributed by atoms with Gasteiger partial charge in [-0.1, -0.05) is 60.7 Å². The molecule has 0 unspecified atom stereocenters. The van der Waals surface area contributed by atoms with Crippen LogP contribution in [0.4, 0.5) is 22.7 Å². The quantitative estimate of drug-likeness (QED) is 0.0477. The smallest absolute Gasteiger partial charge is 0.744 e. The van der Waals surface area contributed by atoms with Crippen LogP contribution in [0.3, 0.4) is 0 Å². The summed E-state index contributed by atoms with van der Waals surface area (Å²) < 4.78 is 86.8. The van der Waals surface area contributed by atoms with Crippen molar-refractivity contribution in [2.75, 3.05) is 74.1 Å². The van der Waals surface area contributed by atoms with E-state index in [1.54, 1.807) is 24.3 Å². The number of hydrogen-bond donors (Lipinski definition) is 6. The van der Waals surface area contributed by atoms with Crippen LogP contribution in [0.1, 0.15) is 11.1 Å². The minimum Gasteiger partial charge on any atom is -0.744 e. The van der Waals surface area contributed by atoms with E-state index in [0.717, 1.165) is 11.4 Å². The molecule has 2 fully saturated rings. The zero-order chi connectivity index (χ0) is 43.1. The van der Waals surface area contributed by atoms with E-state index in [0.29, 0.717) is 75.9 Å². The molecule has 20 nitrogen and oxygen atoms in total. The number of morpholine rings is 2. The van der Waals surface area contributed by atoms with Gasteiger partial charge in [0, 0.05) is 49.7 Å². The summed E-state index contributed by atoms with van der Waals surface area (Å²) in [6, 6.07) is 26.9. The van der Waals surface area contributed by atoms with Crippen molar-refractivity contribution in [3.05, 3.63) is 132 Å². The Morgan fingerprint density at radius 1 is 0.547 bits per heavy atom. The van der Waals surface area contributed by atoms with Crippen LogP contribution < -0.4 is 91.5 Å². The van der Waals surface area contributed by atoms with E-state index in [1.807, 2.05) is 70.5 Å². The molecule has 0 spiro atoms. The Kier molecular flexibility index (Phi) is 16.6. The molecule has 324 valence electrons. The van der Waals surface area contributed by atoms with Gasteiger partial charge in [0.05, 0.1) is 47.6 Å². The molecule has 4 aliphatic rings. The van der Waals surface area contributed by atoms with Crippen molar-refractivity contribution < 1.29 is 94.5 Å². The average Bonchev–Trinajstić information content (AvgIpc) is 3.27. The van der Waals surface area contributed by atoms with Gasteiger partial charge in [-0.3, -0.25) is 10.9 Å². The fourth-order valence-corrected chi connectivity index (χ4v) is 8.08. The third-order valence-electron chi connectivity index (χ3n) is 9.66. The van der Waals surface area contributed by atoms with Crippen LogP contribution in [-0.4, -0.2) is 110 Å². The van der Waals surface area contributed by atoms with Crippen LogP contribution in [0, 0.1) is 0 Å². The molecular formula is C40H42N12Na2O8S2. The third kappa shape index (κ3) is 12.9. The molecule has 4 heterocycles. The molecule has 0 radical (unpaired) electrons. The maximum absolute atomic E-state index is 12.6. The SMILES string of the molecule is O=S(=O)([O-])c1cc(NC2=CC(N3CCOCC3)=NN(Nc3ccccc3)N2)ccc1/C=C/c1ccc(NC2=CC(N3CCOCC3)=NN(Nc3ccccc3)N2)cc1S(=O)(=O)[O-].[Na+].[Na+]. The largest absolute Gasteiger partial charge is 1.00 e. The number of hydrazine groups is 4. The first-order valence-corrected chi connectivity index (χ1v) is 22.2. The number of ether oxygens (including phenoxy) is 2. The van der Waals surface area contributed by atoms with Gasteiger partial charge in [-0.05, 0) is 59.7 Å². The molecule has 0 atom stereocenters. The van der Waals surface area contributed by atoms with Gasteiger partial charge in [-0.15, -0.1) is 20.7 Å². The zero-order valence-electron chi connectivity index (χ0n) is 35.0. The molecule has 4 aromatic carbocycles. The minimum absolute atomic E-state index is 0. The van der Waals surface area contributed by atoms with Gasteiger partial charge in [0.1, 0.15) is 31.9 Å². The van der Waals surface area contributed by atoms with Crippen molar-refractivity contribution in [1.29, 1.82) is 0 Å². The first-order chi connectivity index (χ1) is 29.9. The summed E-state index contributed by atoms with van der Waals surface area (Å²) in [4.78, 5) is 2.91. The number of para-hydroxylation sites is 2. The minimum atomic E-state index is -5.06. The number of amidine groups is 2. The predicted octanol–water partition coefficient (Wildman–Crippen LogP) is -2.83. The standard InChI is InChI=1S/C40H44N12O8S2.2Na/c53-61(54,55)35-25-33(41-37-27-39(49-17-21-59-22-18-49)47-51(45-37)43-31-7-3-1-4-8-31)15-13-29(35)11-12-30-14-16-34(26-36(30)62(56,57)58)42-38-28-40(50-19-23-60-24-20-50)48-52(46-38)44-32-9-5-2-6-10-32;;/h1-16,25-28,41-46H,17-24H2,(H,53,54,55)(H,56,57,58);;/q;2*+1/p-2/b12-11+;;. The van der Waals surface area contributed by atoms with Crippen molar-refractivity contribution in [2.24, 2.45) is 10.2 Å². The van der Waals surface area contributed by atoms with E-state index >= 15 is 0 Å². The molecule has 8 rings (SSSR count). The fourth-order valence-electron chi connectivity index (χ4n) is 6.68. The number of benzene rings is 4. The predicted molar refractivity (Wildman–Crippen MR) is 231 cm³/mol. The summed E-state index contributed by atoms with van der Waals surface area (Å²) in [5.74, 6) is 2.01. The topological polar surface area (TPSA) is 243 Å².